The highest BCUT2D eigenvalue weighted by Gasteiger charge is 2.30. The van der Waals surface area contributed by atoms with Crippen LogP contribution in [0.5, 0.6) is 0 Å². The number of anilines is 2. The van der Waals surface area contributed by atoms with Crippen molar-refractivity contribution in [3.63, 3.8) is 0 Å². The fourth-order valence-corrected chi connectivity index (χ4v) is 2.19. The van der Waals surface area contributed by atoms with E-state index in [1.807, 2.05) is 31.1 Å². The molecule has 0 spiro atoms. The number of hydrogen-bond donors (Lipinski definition) is 2. The molecule has 1 heterocycles. The first-order valence-electron chi connectivity index (χ1n) is 8.10. The minimum absolute atomic E-state index is 0.164. The molecule has 1 aromatic heterocycles. The number of pyridine rings is 1. The van der Waals surface area contributed by atoms with Crippen LogP contribution in [0.4, 0.5) is 24.7 Å². The highest BCUT2D eigenvalue weighted by molar-refractivity contribution is 5.94. The Balaban J connectivity index is 1.71. The Labute approximate surface area is 150 Å². The van der Waals surface area contributed by atoms with Gasteiger partial charge in [0.2, 0.25) is 0 Å². The largest absolute Gasteiger partial charge is 0.417 e. The van der Waals surface area contributed by atoms with Crippen molar-refractivity contribution >= 4 is 17.4 Å². The van der Waals surface area contributed by atoms with Gasteiger partial charge in [-0.3, -0.25) is 4.79 Å². The minimum Gasteiger partial charge on any atom is -0.378 e. The first-order chi connectivity index (χ1) is 12.3. The van der Waals surface area contributed by atoms with Gasteiger partial charge in [-0.1, -0.05) is 0 Å². The Morgan fingerprint density at radius 2 is 1.77 bits per heavy atom. The lowest BCUT2D eigenvalue weighted by Gasteiger charge is -2.12. The fraction of sp³-hybridized carbons (Fsp3) is 0.333. The van der Waals surface area contributed by atoms with E-state index in [-0.39, 0.29) is 5.91 Å². The van der Waals surface area contributed by atoms with Gasteiger partial charge in [0, 0.05) is 44.6 Å². The molecule has 26 heavy (non-hydrogen) atoms. The van der Waals surface area contributed by atoms with E-state index in [0.717, 1.165) is 18.0 Å². The number of halogens is 3. The van der Waals surface area contributed by atoms with E-state index in [2.05, 4.69) is 15.6 Å². The lowest BCUT2D eigenvalue weighted by molar-refractivity contribution is -0.137. The van der Waals surface area contributed by atoms with E-state index in [4.69, 9.17) is 0 Å². The van der Waals surface area contributed by atoms with Gasteiger partial charge in [0.25, 0.3) is 5.91 Å². The van der Waals surface area contributed by atoms with Crippen LogP contribution < -0.4 is 15.5 Å². The molecule has 0 saturated heterocycles. The predicted molar refractivity (Wildman–Crippen MR) is 95.4 cm³/mol. The zero-order valence-corrected chi connectivity index (χ0v) is 14.6. The SMILES string of the molecule is CN(C)c1ccc(C(=O)NCCCNc2ccc(C(F)(F)F)cn2)cc1. The number of amides is 1. The van der Waals surface area contributed by atoms with Crippen LogP contribution in [0.15, 0.2) is 42.6 Å². The van der Waals surface area contributed by atoms with Gasteiger partial charge in [-0.2, -0.15) is 13.2 Å². The summed E-state index contributed by atoms with van der Waals surface area (Å²) in [7, 11) is 3.85. The van der Waals surface area contributed by atoms with Gasteiger partial charge in [-0.25, -0.2) is 4.98 Å². The van der Waals surface area contributed by atoms with Crippen molar-refractivity contribution in [1.29, 1.82) is 0 Å². The topological polar surface area (TPSA) is 57.3 Å². The summed E-state index contributed by atoms with van der Waals surface area (Å²) in [6.45, 7) is 0.931. The van der Waals surface area contributed by atoms with Crippen molar-refractivity contribution < 1.29 is 18.0 Å². The van der Waals surface area contributed by atoms with Crippen LogP contribution in [0, 0.1) is 0 Å². The maximum absolute atomic E-state index is 12.4. The zero-order valence-electron chi connectivity index (χ0n) is 14.6. The van der Waals surface area contributed by atoms with Crippen LogP contribution in [0.1, 0.15) is 22.3 Å². The molecule has 0 bridgehead atoms. The normalized spacial score (nSPS) is 11.1. The second-order valence-electron chi connectivity index (χ2n) is 5.91. The van der Waals surface area contributed by atoms with Crippen LogP contribution in [-0.4, -0.2) is 38.1 Å². The van der Waals surface area contributed by atoms with Gasteiger partial charge in [0.1, 0.15) is 5.82 Å². The molecular formula is C18H21F3N4O. The fourth-order valence-electron chi connectivity index (χ4n) is 2.19. The average Bonchev–Trinajstić information content (AvgIpc) is 2.61. The molecule has 0 saturated carbocycles. The van der Waals surface area contributed by atoms with Crippen molar-refractivity contribution in [3.8, 4) is 0 Å². The molecule has 2 aromatic rings. The Kier molecular flexibility index (Phi) is 6.43. The Morgan fingerprint density at radius 3 is 2.31 bits per heavy atom. The molecule has 140 valence electrons. The summed E-state index contributed by atoms with van der Waals surface area (Å²) in [5.74, 6) is 0.201. The van der Waals surface area contributed by atoms with E-state index in [1.165, 1.54) is 6.07 Å². The molecule has 5 nitrogen and oxygen atoms in total. The smallest absolute Gasteiger partial charge is 0.378 e. The van der Waals surface area contributed by atoms with Crippen molar-refractivity contribution in [2.45, 2.75) is 12.6 Å². The summed E-state index contributed by atoms with van der Waals surface area (Å²) in [5.41, 5.74) is 0.804. The standard InChI is InChI=1S/C18H21F3N4O/c1-25(2)15-7-4-13(5-8-15)17(26)23-11-3-10-22-16-9-6-14(12-24-16)18(19,20)21/h4-9,12H,3,10-11H2,1-2H3,(H,22,24)(H,23,26). The van der Waals surface area contributed by atoms with E-state index in [9.17, 15) is 18.0 Å². The van der Waals surface area contributed by atoms with E-state index < -0.39 is 11.7 Å². The number of carbonyl (C=O) groups is 1. The number of alkyl halides is 3. The lowest BCUT2D eigenvalue weighted by atomic mass is 10.2. The molecule has 0 unspecified atom stereocenters. The first kappa shape index (κ1) is 19.6. The molecule has 0 aliphatic heterocycles. The molecule has 0 aliphatic rings. The number of hydrogen-bond acceptors (Lipinski definition) is 4. The number of aromatic nitrogens is 1. The minimum atomic E-state index is -4.39. The maximum atomic E-state index is 12.4. The summed E-state index contributed by atoms with van der Waals surface area (Å²) in [6, 6.07) is 9.52. The molecule has 0 aliphatic carbocycles. The molecular weight excluding hydrogens is 345 g/mol. The third-order valence-corrected chi connectivity index (χ3v) is 3.68. The molecule has 1 aromatic carbocycles. The quantitative estimate of drug-likeness (QED) is 0.738. The highest BCUT2D eigenvalue weighted by Crippen LogP contribution is 2.28. The molecule has 0 atom stereocenters. The van der Waals surface area contributed by atoms with Crippen molar-refractivity contribution in [3.05, 3.63) is 53.7 Å². The second-order valence-corrected chi connectivity index (χ2v) is 5.91. The summed E-state index contributed by atoms with van der Waals surface area (Å²) >= 11 is 0. The molecule has 2 N–H and O–H groups in total. The number of benzene rings is 1. The number of rotatable bonds is 7. The summed E-state index contributed by atoms with van der Waals surface area (Å²) < 4.78 is 37.3. The summed E-state index contributed by atoms with van der Waals surface area (Å²) in [6.07, 6.45) is -2.98. The Hall–Kier alpha value is -2.77. The monoisotopic (exact) mass is 366 g/mol. The summed E-state index contributed by atoms with van der Waals surface area (Å²) in [4.78, 5) is 17.7. The molecule has 8 heteroatoms. The lowest BCUT2D eigenvalue weighted by Crippen LogP contribution is -2.26. The Bertz CT molecular complexity index is 713. The average molecular weight is 366 g/mol. The zero-order chi connectivity index (χ0) is 19.2. The highest BCUT2D eigenvalue weighted by atomic mass is 19.4. The van der Waals surface area contributed by atoms with Gasteiger partial charge >= 0.3 is 6.18 Å². The number of carbonyl (C=O) groups excluding carboxylic acids is 1. The maximum Gasteiger partial charge on any atom is 0.417 e. The third kappa shape index (κ3) is 5.65. The van der Waals surface area contributed by atoms with Gasteiger partial charge in [0.05, 0.1) is 5.56 Å². The Morgan fingerprint density at radius 1 is 1.08 bits per heavy atom. The predicted octanol–water partition coefficient (Wildman–Crippen LogP) is 3.40. The summed E-state index contributed by atoms with van der Waals surface area (Å²) in [5, 5.41) is 5.72. The molecule has 1 amide bonds. The van der Waals surface area contributed by atoms with E-state index >= 15 is 0 Å². The van der Waals surface area contributed by atoms with Gasteiger partial charge in [-0.05, 0) is 42.8 Å². The first-order valence-corrected chi connectivity index (χ1v) is 8.10. The second kappa shape index (κ2) is 8.55. The van der Waals surface area contributed by atoms with Crippen LogP contribution in [0.2, 0.25) is 0 Å². The number of nitrogens with zero attached hydrogens (tertiary/aromatic N) is 2. The van der Waals surface area contributed by atoms with Gasteiger partial charge in [-0.15, -0.1) is 0 Å². The van der Waals surface area contributed by atoms with Crippen molar-refractivity contribution in [2.24, 2.45) is 0 Å². The van der Waals surface area contributed by atoms with Crippen molar-refractivity contribution in [2.75, 3.05) is 37.4 Å². The van der Waals surface area contributed by atoms with Crippen LogP contribution >= 0.6 is 0 Å². The van der Waals surface area contributed by atoms with Gasteiger partial charge < -0.3 is 15.5 Å². The number of nitrogens with one attached hydrogen (secondary N) is 2. The van der Waals surface area contributed by atoms with Crippen LogP contribution in [0.3, 0.4) is 0 Å². The van der Waals surface area contributed by atoms with Crippen LogP contribution in [0.25, 0.3) is 0 Å². The third-order valence-electron chi connectivity index (χ3n) is 3.68. The molecule has 0 radical (unpaired) electrons. The van der Waals surface area contributed by atoms with E-state index in [0.29, 0.717) is 30.9 Å². The molecule has 2 rings (SSSR count). The molecule has 0 fully saturated rings. The van der Waals surface area contributed by atoms with Crippen LogP contribution in [-0.2, 0) is 6.18 Å². The van der Waals surface area contributed by atoms with Gasteiger partial charge in [0.15, 0.2) is 0 Å². The van der Waals surface area contributed by atoms with E-state index in [1.54, 1.807) is 12.1 Å². The van der Waals surface area contributed by atoms with Crippen molar-refractivity contribution in [1.82, 2.24) is 10.3 Å².